The molecule has 0 N–H and O–H groups in total. The van der Waals surface area contributed by atoms with Gasteiger partial charge in [0.05, 0.1) is 31.9 Å². The van der Waals surface area contributed by atoms with Gasteiger partial charge in [0.2, 0.25) is 0 Å². The van der Waals surface area contributed by atoms with Gasteiger partial charge in [0.1, 0.15) is 5.75 Å². The number of fused-ring (bicyclic) bond motifs is 1. The summed E-state index contributed by atoms with van der Waals surface area (Å²) in [6, 6.07) is 15.5. The van der Waals surface area contributed by atoms with Crippen molar-refractivity contribution in [3.8, 4) is 5.75 Å². The molecule has 0 spiro atoms. The molecule has 0 saturated heterocycles. The van der Waals surface area contributed by atoms with E-state index < -0.39 is 0 Å². The van der Waals surface area contributed by atoms with E-state index in [1.165, 1.54) is 11.8 Å². The quantitative estimate of drug-likeness (QED) is 0.544. The summed E-state index contributed by atoms with van der Waals surface area (Å²) >= 11 is 7.62. The molecule has 5 nitrogen and oxygen atoms in total. The summed E-state index contributed by atoms with van der Waals surface area (Å²) in [7, 11) is 1.65. The number of methoxy groups -OCH3 is 1. The summed E-state index contributed by atoms with van der Waals surface area (Å²) in [5.74, 6) is 0.553. The molecule has 0 aromatic heterocycles. The van der Waals surface area contributed by atoms with Crippen LogP contribution < -0.4 is 4.74 Å². The van der Waals surface area contributed by atoms with Crippen molar-refractivity contribution in [3.05, 3.63) is 81.9 Å². The normalized spacial score (nSPS) is 17.6. The predicted octanol–water partition coefficient (Wildman–Crippen LogP) is 5.64. The Bertz CT molecular complexity index is 1030. The first-order chi connectivity index (χ1) is 14.6. The minimum Gasteiger partial charge on any atom is -0.497 e. The lowest BCUT2D eigenvalue weighted by molar-refractivity contribution is -0.142. The van der Waals surface area contributed by atoms with Crippen LogP contribution in [0.4, 0.5) is 0 Å². The summed E-state index contributed by atoms with van der Waals surface area (Å²) in [5, 5.41) is 3.49. The van der Waals surface area contributed by atoms with Gasteiger partial charge in [-0.05, 0) is 60.4 Å². The second-order valence-corrected chi connectivity index (χ2v) is 8.02. The Hall–Kier alpha value is -2.70. The molecule has 30 heavy (non-hydrogen) atoms. The molecule has 2 heterocycles. The van der Waals surface area contributed by atoms with Gasteiger partial charge in [-0.3, -0.25) is 4.79 Å². The van der Waals surface area contributed by atoms with Crippen molar-refractivity contribution in [2.24, 2.45) is 4.99 Å². The van der Waals surface area contributed by atoms with E-state index in [-0.39, 0.29) is 18.4 Å². The monoisotopic (exact) mass is 440 g/mol. The number of amidine groups is 1. The maximum atomic E-state index is 12.1. The number of rotatable bonds is 6. The Labute approximate surface area is 185 Å². The molecule has 0 fully saturated rings. The first kappa shape index (κ1) is 20.6. The fourth-order valence-electron chi connectivity index (χ4n) is 3.41. The topological polar surface area (TPSA) is 51.1 Å². The molecule has 2 aliphatic rings. The zero-order valence-corrected chi connectivity index (χ0v) is 18.2. The highest BCUT2D eigenvalue weighted by molar-refractivity contribution is 8.16. The number of nitrogens with zero attached hydrogens (tertiary/aromatic N) is 2. The lowest BCUT2D eigenvalue weighted by atomic mass is 10.00. The molecule has 0 saturated carbocycles. The largest absolute Gasteiger partial charge is 0.497 e. The van der Waals surface area contributed by atoms with Crippen molar-refractivity contribution in [2.75, 3.05) is 13.7 Å². The number of esters is 1. The molecule has 0 amide bonds. The van der Waals surface area contributed by atoms with Gasteiger partial charge in [0.15, 0.2) is 5.17 Å². The molecular formula is C23H21ClN2O3S. The van der Waals surface area contributed by atoms with Crippen LogP contribution in [-0.4, -0.2) is 29.8 Å². The summed E-state index contributed by atoms with van der Waals surface area (Å²) < 4.78 is 10.4. The average Bonchev–Trinajstić information content (AvgIpc) is 3.16. The number of carbonyl (C=O) groups is 1. The van der Waals surface area contributed by atoms with Crippen LogP contribution in [0.3, 0.4) is 0 Å². The Kier molecular flexibility index (Phi) is 6.16. The van der Waals surface area contributed by atoms with E-state index in [4.69, 9.17) is 26.1 Å². The number of hydrogen-bond acceptors (Lipinski definition) is 6. The minimum absolute atomic E-state index is 0.109. The highest BCUT2D eigenvalue weighted by atomic mass is 35.5. The molecule has 154 valence electrons. The van der Waals surface area contributed by atoms with Crippen molar-refractivity contribution in [2.45, 2.75) is 19.4 Å². The third kappa shape index (κ3) is 4.25. The Morgan fingerprint density at radius 3 is 2.57 bits per heavy atom. The van der Waals surface area contributed by atoms with E-state index in [1.54, 1.807) is 7.11 Å². The lowest BCUT2D eigenvalue weighted by Crippen LogP contribution is -2.32. The Morgan fingerprint density at radius 2 is 1.90 bits per heavy atom. The Morgan fingerprint density at radius 1 is 1.17 bits per heavy atom. The minimum atomic E-state index is -0.245. The molecule has 1 unspecified atom stereocenters. The first-order valence-electron chi connectivity index (χ1n) is 9.60. The number of carbonyl (C=O) groups excluding carboxylic acids is 1. The van der Waals surface area contributed by atoms with Crippen molar-refractivity contribution >= 4 is 40.2 Å². The number of ether oxygens (including phenoxy) is 2. The van der Waals surface area contributed by atoms with Gasteiger partial charge in [-0.25, -0.2) is 4.99 Å². The van der Waals surface area contributed by atoms with Crippen LogP contribution in [0.2, 0.25) is 5.02 Å². The molecule has 2 aromatic carbocycles. The van der Waals surface area contributed by atoms with Crippen LogP contribution in [0, 0.1) is 0 Å². The second-order valence-electron chi connectivity index (χ2n) is 6.75. The van der Waals surface area contributed by atoms with Gasteiger partial charge < -0.3 is 14.4 Å². The van der Waals surface area contributed by atoms with Crippen LogP contribution in [0.25, 0.3) is 5.70 Å². The standard InChI is InChI=1S/C23H21ClN2O3S/c1-3-29-22(27)12-18-14-30-23-25-20(15-6-10-19(28-2)11-7-15)13-21(26(18)23)16-4-8-17(24)9-5-16/h4-11,13-14,21H,3,12H2,1-2H3. The third-order valence-electron chi connectivity index (χ3n) is 4.85. The van der Waals surface area contributed by atoms with Gasteiger partial charge in [0.25, 0.3) is 0 Å². The van der Waals surface area contributed by atoms with E-state index in [9.17, 15) is 4.79 Å². The number of halogens is 1. The fraction of sp³-hybridized carbons (Fsp3) is 0.217. The van der Waals surface area contributed by atoms with E-state index in [1.807, 2.05) is 60.9 Å². The van der Waals surface area contributed by atoms with Gasteiger partial charge in [-0.2, -0.15) is 0 Å². The molecule has 0 radical (unpaired) electrons. The van der Waals surface area contributed by atoms with Crippen molar-refractivity contribution in [3.63, 3.8) is 0 Å². The van der Waals surface area contributed by atoms with Gasteiger partial charge in [0, 0.05) is 16.3 Å². The number of thioether (sulfide) groups is 1. The van der Waals surface area contributed by atoms with E-state index in [2.05, 4.69) is 11.0 Å². The van der Waals surface area contributed by atoms with Crippen molar-refractivity contribution < 1.29 is 14.3 Å². The lowest BCUT2D eigenvalue weighted by Gasteiger charge is -2.33. The maximum absolute atomic E-state index is 12.1. The highest BCUT2D eigenvalue weighted by Gasteiger charge is 2.34. The molecule has 2 aromatic rings. The SMILES string of the molecule is CCOC(=O)CC1=CSC2=NC(c3ccc(OC)cc3)=CC(c3ccc(Cl)cc3)N12. The number of benzene rings is 2. The average molecular weight is 441 g/mol. The van der Waals surface area contributed by atoms with Crippen molar-refractivity contribution in [1.29, 1.82) is 0 Å². The highest BCUT2D eigenvalue weighted by Crippen LogP contribution is 2.43. The molecule has 2 aliphatic heterocycles. The van der Waals surface area contributed by atoms with Crippen molar-refractivity contribution in [1.82, 2.24) is 4.90 Å². The second kappa shape index (κ2) is 8.98. The van der Waals surface area contributed by atoms with Gasteiger partial charge in [-0.15, -0.1) is 0 Å². The van der Waals surface area contributed by atoms with Crippen LogP contribution in [0.15, 0.2) is 70.7 Å². The van der Waals surface area contributed by atoms with Crippen LogP contribution in [-0.2, 0) is 9.53 Å². The zero-order valence-electron chi connectivity index (χ0n) is 16.7. The molecule has 7 heteroatoms. The molecular weight excluding hydrogens is 420 g/mol. The molecule has 4 rings (SSSR count). The maximum Gasteiger partial charge on any atom is 0.311 e. The van der Waals surface area contributed by atoms with Crippen LogP contribution in [0.1, 0.15) is 30.5 Å². The summed E-state index contributed by atoms with van der Waals surface area (Å²) in [6.07, 6.45) is 2.31. The zero-order chi connectivity index (χ0) is 21.1. The molecule has 0 aliphatic carbocycles. The predicted molar refractivity (Wildman–Crippen MR) is 121 cm³/mol. The summed E-state index contributed by atoms with van der Waals surface area (Å²) in [4.78, 5) is 19.1. The molecule has 1 atom stereocenters. The van der Waals surface area contributed by atoms with Crippen LogP contribution in [0.5, 0.6) is 5.75 Å². The Balaban J connectivity index is 1.71. The molecule has 0 bridgehead atoms. The van der Waals surface area contributed by atoms with Crippen LogP contribution >= 0.6 is 23.4 Å². The van der Waals surface area contributed by atoms with E-state index >= 15 is 0 Å². The summed E-state index contributed by atoms with van der Waals surface area (Å²) in [5.41, 5.74) is 3.82. The van der Waals surface area contributed by atoms with Gasteiger partial charge >= 0.3 is 5.97 Å². The smallest absolute Gasteiger partial charge is 0.311 e. The fourth-order valence-corrected chi connectivity index (χ4v) is 4.47. The van der Waals surface area contributed by atoms with E-state index in [0.717, 1.165) is 33.4 Å². The third-order valence-corrected chi connectivity index (χ3v) is 5.99. The number of aliphatic imine (C=N–C) groups is 1. The summed E-state index contributed by atoms with van der Waals surface area (Å²) in [6.45, 7) is 2.17. The number of hydrogen-bond donors (Lipinski definition) is 0. The van der Waals surface area contributed by atoms with Gasteiger partial charge in [-0.1, -0.05) is 35.5 Å². The van der Waals surface area contributed by atoms with E-state index in [0.29, 0.717) is 11.6 Å². The first-order valence-corrected chi connectivity index (χ1v) is 10.9.